The van der Waals surface area contributed by atoms with Crippen LogP contribution in [0.5, 0.6) is 0 Å². The van der Waals surface area contributed by atoms with Crippen LogP contribution in [0.15, 0.2) is 27.5 Å². The van der Waals surface area contributed by atoms with Gasteiger partial charge in [-0.3, -0.25) is 0 Å². The van der Waals surface area contributed by atoms with Gasteiger partial charge in [0.2, 0.25) is 11.7 Å². The van der Waals surface area contributed by atoms with Gasteiger partial charge in [0.25, 0.3) is 0 Å². The van der Waals surface area contributed by atoms with Gasteiger partial charge in [0.1, 0.15) is 6.26 Å². The van der Waals surface area contributed by atoms with Crippen molar-refractivity contribution >= 4 is 0 Å². The van der Waals surface area contributed by atoms with Gasteiger partial charge >= 0.3 is 0 Å². The lowest BCUT2D eigenvalue weighted by Crippen LogP contribution is -2.28. The molecule has 2 rings (SSSR count). The summed E-state index contributed by atoms with van der Waals surface area (Å²) in [5, 5.41) is 7.18. The summed E-state index contributed by atoms with van der Waals surface area (Å²) in [6.45, 7) is 4.22. The van der Waals surface area contributed by atoms with Crippen molar-refractivity contribution in [2.45, 2.75) is 32.2 Å². The third kappa shape index (κ3) is 2.39. The topological polar surface area (TPSA) is 64.1 Å². The lowest BCUT2D eigenvalue weighted by Gasteiger charge is -2.17. The highest BCUT2D eigenvalue weighted by Gasteiger charge is 2.23. The molecule has 0 spiro atoms. The minimum atomic E-state index is 0.230. The van der Waals surface area contributed by atoms with E-state index in [2.05, 4.69) is 29.3 Å². The average molecular weight is 235 g/mol. The maximum absolute atomic E-state index is 5.32. The molecule has 1 N–H and O–H groups in total. The predicted octanol–water partition coefficient (Wildman–Crippen LogP) is 2.43. The fourth-order valence-electron chi connectivity index (χ4n) is 1.84. The second kappa shape index (κ2) is 5.14. The Morgan fingerprint density at radius 1 is 1.47 bits per heavy atom. The number of rotatable bonds is 5. The van der Waals surface area contributed by atoms with Crippen LogP contribution in [0.1, 0.15) is 32.1 Å². The van der Waals surface area contributed by atoms with Crippen LogP contribution in [-0.2, 0) is 0 Å². The van der Waals surface area contributed by atoms with E-state index in [4.69, 9.17) is 8.94 Å². The predicted molar refractivity (Wildman–Crippen MR) is 63.6 cm³/mol. The molecule has 5 heteroatoms. The Morgan fingerprint density at radius 3 is 2.88 bits per heavy atom. The van der Waals surface area contributed by atoms with Gasteiger partial charge < -0.3 is 14.3 Å². The molecule has 0 aliphatic carbocycles. The summed E-state index contributed by atoms with van der Waals surface area (Å²) in [6, 6.07) is 2.12. The molecule has 2 heterocycles. The van der Waals surface area contributed by atoms with Crippen molar-refractivity contribution in [3.8, 4) is 11.4 Å². The summed E-state index contributed by atoms with van der Waals surface area (Å²) >= 11 is 0. The number of furan rings is 1. The fraction of sp³-hybridized carbons (Fsp3) is 0.500. The molecule has 2 aromatic rings. The molecule has 0 bridgehead atoms. The summed E-state index contributed by atoms with van der Waals surface area (Å²) in [7, 11) is 1.93. The average Bonchev–Trinajstić information content (AvgIpc) is 2.99. The minimum Gasteiger partial charge on any atom is -0.472 e. The van der Waals surface area contributed by atoms with Crippen LogP contribution in [0.3, 0.4) is 0 Å². The first-order chi connectivity index (χ1) is 8.26. The summed E-state index contributed by atoms with van der Waals surface area (Å²) in [4.78, 5) is 4.42. The number of nitrogens with zero attached hydrogens (tertiary/aromatic N) is 2. The first kappa shape index (κ1) is 11.9. The number of hydrogen-bond donors (Lipinski definition) is 1. The normalized spacial score (nSPS) is 14.8. The van der Waals surface area contributed by atoms with Gasteiger partial charge in [-0.1, -0.05) is 12.1 Å². The van der Waals surface area contributed by atoms with E-state index >= 15 is 0 Å². The molecule has 92 valence electrons. The van der Waals surface area contributed by atoms with E-state index in [-0.39, 0.29) is 5.92 Å². The summed E-state index contributed by atoms with van der Waals surface area (Å²) in [5.41, 5.74) is 0.840. The van der Waals surface area contributed by atoms with Crippen LogP contribution >= 0.6 is 0 Å². The van der Waals surface area contributed by atoms with Gasteiger partial charge in [-0.05, 0) is 26.5 Å². The zero-order valence-corrected chi connectivity index (χ0v) is 10.3. The highest BCUT2D eigenvalue weighted by Crippen LogP contribution is 2.24. The number of hydrogen-bond acceptors (Lipinski definition) is 5. The number of aromatic nitrogens is 2. The molecule has 17 heavy (non-hydrogen) atoms. The smallest absolute Gasteiger partial charge is 0.231 e. The van der Waals surface area contributed by atoms with Gasteiger partial charge in [-0.25, -0.2) is 0 Å². The molecule has 0 amide bonds. The Kier molecular flexibility index (Phi) is 3.58. The summed E-state index contributed by atoms with van der Waals surface area (Å²) in [5.74, 6) is 1.48. The van der Waals surface area contributed by atoms with Crippen molar-refractivity contribution in [2.24, 2.45) is 0 Å². The highest BCUT2D eigenvalue weighted by atomic mass is 16.5. The van der Waals surface area contributed by atoms with Crippen molar-refractivity contribution in [2.75, 3.05) is 7.05 Å². The zero-order valence-electron chi connectivity index (χ0n) is 10.3. The molecule has 2 unspecified atom stereocenters. The van der Waals surface area contributed by atoms with E-state index < -0.39 is 0 Å². The lowest BCUT2D eigenvalue weighted by molar-refractivity contribution is 0.322. The molecule has 0 fully saturated rings. The van der Waals surface area contributed by atoms with E-state index in [9.17, 15) is 0 Å². The molecule has 2 aromatic heterocycles. The third-order valence-corrected chi connectivity index (χ3v) is 3.04. The largest absolute Gasteiger partial charge is 0.472 e. The molecule has 0 aromatic carbocycles. The van der Waals surface area contributed by atoms with Crippen LogP contribution in [0, 0.1) is 0 Å². The first-order valence-electron chi connectivity index (χ1n) is 5.79. The number of likely N-dealkylation sites (N-methyl/N-ethyl adjacent to an activating group) is 1. The monoisotopic (exact) mass is 235 g/mol. The van der Waals surface area contributed by atoms with E-state index in [0.29, 0.717) is 17.8 Å². The maximum Gasteiger partial charge on any atom is 0.231 e. The standard InChI is InChI=1S/C12H17N3O2/c1-4-10(8(2)13-3)12-14-11(15-17-12)9-5-6-16-7-9/h5-8,10,13H,4H2,1-3H3. The van der Waals surface area contributed by atoms with Crippen LogP contribution in [0.2, 0.25) is 0 Å². The molecule has 0 saturated heterocycles. The van der Waals surface area contributed by atoms with Gasteiger partial charge in [-0.15, -0.1) is 0 Å². The van der Waals surface area contributed by atoms with E-state index in [0.717, 1.165) is 12.0 Å². The highest BCUT2D eigenvalue weighted by molar-refractivity contribution is 5.51. The second-order valence-corrected chi connectivity index (χ2v) is 4.06. The fourth-order valence-corrected chi connectivity index (χ4v) is 1.84. The molecular weight excluding hydrogens is 218 g/mol. The summed E-state index contributed by atoms with van der Waals surface area (Å²) < 4.78 is 10.3. The Morgan fingerprint density at radius 2 is 2.29 bits per heavy atom. The zero-order chi connectivity index (χ0) is 12.3. The molecule has 0 radical (unpaired) electrons. The Hall–Kier alpha value is -1.62. The summed E-state index contributed by atoms with van der Waals surface area (Å²) in [6.07, 6.45) is 4.16. The van der Waals surface area contributed by atoms with Crippen LogP contribution in [-0.4, -0.2) is 23.2 Å². The minimum absolute atomic E-state index is 0.230. The Labute approximate surface area is 100 Å². The van der Waals surface area contributed by atoms with Crippen molar-refractivity contribution in [3.63, 3.8) is 0 Å². The van der Waals surface area contributed by atoms with Gasteiger partial charge in [0.15, 0.2) is 0 Å². The quantitative estimate of drug-likeness (QED) is 0.862. The third-order valence-electron chi connectivity index (χ3n) is 3.04. The van der Waals surface area contributed by atoms with Crippen LogP contribution in [0.4, 0.5) is 0 Å². The molecular formula is C12H17N3O2. The van der Waals surface area contributed by atoms with Crippen molar-refractivity contribution in [3.05, 3.63) is 24.5 Å². The van der Waals surface area contributed by atoms with Gasteiger partial charge in [0, 0.05) is 6.04 Å². The van der Waals surface area contributed by atoms with Gasteiger partial charge in [0.05, 0.1) is 17.7 Å². The number of nitrogens with one attached hydrogen (secondary N) is 1. The Bertz CT molecular complexity index is 450. The molecule has 0 aliphatic heterocycles. The maximum atomic E-state index is 5.32. The first-order valence-corrected chi connectivity index (χ1v) is 5.79. The Balaban J connectivity index is 2.22. The van der Waals surface area contributed by atoms with Crippen molar-refractivity contribution in [1.29, 1.82) is 0 Å². The van der Waals surface area contributed by atoms with E-state index in [1.54, 1.807) is 12.5 Å². The molecule has 0 saturated carbocycles. The second-order valence-electron chi connectivity index (χ2n) is 4.06. The van der Waals surface area contributed by atoms with Crippen molar-refractivity contribution in [1.82, 2.24) is 15.5 Å². The van der Waals surface area contributed by atoms with Crippen LogP contribution in [0.25, 0.3) is 11.4 Å². The van der Waals surface area contributed by atoms with E-state index in [1.165, 1.54) is 0 Å². The van der Waals surface area contributed by atoms with Crippen molar-refractivity contribution < 1.29 is 8.94 Å². The molecule has 0 aliphatic rings. The van der Waals surface area contributed by atoms with Crippen LogP contribution < -0.4 is 5.32 Å². The molecule has 2 atom stereocenters. The SMILES string of the molecule is CCC(c1nc(-c2ccoc2)no1)C(C)NC. The lowest BCUT2D eigenvalue weighted by atomic mass is 9.98. The van der Waals surface area contributed by atoms with E-state index in [1.807, 2.05) is 13.1 Å². The van der Waals surface area contributed by atoms with Gasteiger partial charge in [-0.2, -0.15) is 4.98 Å². The molecule has 5 nitrogen and oxygen atoms in total.